The van der Waals surface area contributed by atoms with Crippen molar-refractivity contribution in [3.05, 3.63) is 10.6 Å². The molecule has 3 N–H and O–H groups in total. The smallest absolute Gasteiger partial charge is 0.320 e. The highest BCUT2D eigenvalue weighted by Gasteiger charge is 2.28. The van der Waals surface area contributed by atoms with Crippen molar-refractivity contribution in [3.8, 4) is 0 Å². The highest BCUT2D eigenvalue weighted by molar-refractivity contribution is 7.15. The van der Waals surface area contributed by atoms with Crippen molar-refractivity contribution in [1.82, 2.24) is 10.5 Å². The first-order valence-electron chi connectivity index (χ1n) is 6.84. The van der Waals surface area contributed by atoms with Crippen LogP contribution in [0.4, 0.5) is 5.13 Å². The first-order valence-corrected chi connectivity index (χ1v) is 7.66. The van der Waals surface area contributed by atoms with Crippen LogP contribution in [0.5, 0.6) is 0 Å². The molecule has 1 aliphatic rings. The molecule has 2 unspecified atom stereocenters. The van der Waals surface area contributed by atoms with Gasteiger partial charge in [-0.05, 0) is 25.2 Å². The van der Waals surface area contributed by atoms with Crippen LogP contribution in [0.2, 0.25) is 0 Å². The van der Waals surface area contributed by atoms with Crippen molar-refractivity contribution in [2.24, 2.45) is 16.6 Å². The maximum atomic E-state index is 10.1. The fourth-order valence-corrected chi connectivity index (χ4v) is 3.59. The van der Waals surface area contributed by atoms with Gasteiger partial charge in [-0.2, -0.15) is 10.5 Å². The average Bonchev–Trinajstić information content (AvgIpc) is 2.86. The Morgan fingerprint density at radius 1 is 1.75 bits per heavy atom. The van der Waals surface area contributed by atoms with Gasteiger partial charge in [0.15, 0.2) is 0 Å². The number of aliphatic imine (C=N–C) groups is 1. The standard InChI is InChI=1S/C13H20N4O2S/c1-3-8(2)9-5-4-6-10-11(9)15-13(20-10)16-12(14)17-19-7-18/h7-9H,3-6H2,1-2H3,(H3,14,15,16,17). The van der Waals surface area contributed by atoms with Crippen molar-refractivity contribution in [2.45, 2.75) is 45.4 Å². The van der Waals surface area contributed by atoms with Gasteiger partial charge >= 0.3 is 6.47 Å². The second-order valence-corrected chi connectivity index (χ2v) is 6.06. The van der Waals surface area contributed by atoms with E-state index in [-0.39, 0.29) is 12.4 Å². The van der Waals surface area contributed by atoms with E-state index in [1.54, 1.807) is 11.3 Å². The number of hydroxylamine groups is 1. The topological polar surface area (TPSA) is 89.6 Å². The van der Waals surface area contributed by atoms with E-state index in [4.69, 9.17) is 5.73 Å². The molecule has 2 rings (SSSR count). The molecule has 110 valence electrons. The van der Waals surface area contributed by atoms with Gasteiger partial charge in [0, 0.05) is 10.8 Å². The summed E-state index contributed by atoms with van der Waals surface area (Å²) in [4.78, 5) is 24.5. The molecule has 1 aromatic heterocycles. The molecular weight excluding hydrogens is 276 g/mol. The molecule has 0 amide bonds. The van der Waals surface area contributed by atoms with Crippen LogP contribution < -0.4 is 11.2 Å². The molecule has 1 aliphatic carbocycles. The van der Waals surface area contributed by atoms with Crippen LogP contribution in [0.3, 0.4) is 0 Å². The number of rotatable bonds is 5. The number of aryl methyl sites for hydroxylation is 1. The molecule has 2 atom stereocenters. The molecule has 0 saturated heterocycles. The molecule has 20 heavy (non-hydrogen) atoms. The molecule has 0 spiro atoms. The summed E-state index contributed by atoms with van der Waals surface area (Å²) in [7, 11) is 0. The Morgan fingerprint density at radius 3 is 3.25 bits per heavy atom. The van der Waals surface area contributed by atoms with E-state index in [1.807, 2.05) is 0 Å². The first kappa shape index (κ1) is 14.8. The molecule has 0 fully saturated rings. The van der Waals surface area contributed by atoms with Crippen LogP contribution in [0.1, 0.15) is 49.6 Å². The number of nitrogens with one attached hydrogen (secondary N) is 1. The number of carbonyl (C=O) groups is 1. The van der Waals surface area contributed by atoms with E-state index in [0.29, 0.717) is 17.0 Å². The van der Waals surface area contributed by atoms with Gasteiger partial charge < -0.3 is 10.6 Å². The number of aromatic nitrogens is 1. The zero-order valence-electron chi connectivity index (χ0n) is 11.8. The Labute approximate surface area is 122 Å². The monoisotopic (exact) mass is 296 g/mol. The summed E-state index contributed by atoms with van der Waals surface area (Å²) in [6.45, 7) is 4.74. The Hall–Kier alpha value is -1.63. The van der Waals surface area contributed by atoms with Crippen LogP contribution >= 0.6 is 11.3 Å². The molecule has 0 bridgehead atoms. The van der Waals surface area contributed by atoms with Gasteiger partial charge in [-0.3, -0.25) is 4.79 Å². The second-order valence-electron chi connectivity index (χ2n) is 5.00. The van der Waals surface area contributed by atoms with Crippen LogP contribution in [0.15, 0.2) is 4.99 Å². The van der Waals surface area contributed by atoms with Crippen molar-refractivity contribution in [3.63, 3.8) is 0 Å². The summed E-state index contributed by atoms with van der Waals surface area (Å²) >= 11 is 1.57. The number of hydrogen-bond donors (Lipinski definition) is 2. The maximum Gasteiger partial charge on any atom is 0.320 e. The third-order valence-corrected chi connectivity index (χ3v) is 4.77. The lowest BCUT2D eigenvalue weighted by Gasteiger charge is -2.25. The minimum absolute atomic E-state index is 0.0308. The zero-order chi connectivity index (χ0) is 14.5. The Balaban J connectivity index is 2.19. The SMILES string of the molecule is CCC(C)C1CCCc2sc(N=C(N)NOC=O)nc21. The third kappa shape index (κ3) is 3.27. The fourth-order valence-electron chi connectivity index (χ4n) is 2.54. The number of fused-ring (bicyclic) bond motifs is 1. The Bertz CT molecular complexity index is 501. The molecule has 0 saturated carbocycles. The van der Waals surface area contributed by atoms with Crippen molar-refractivity contribution in [2.75, 3.05) is 0 Å². The number of nitrogens with zero attached hydrogens (tertiary/aromatic N) is 2. The van der Waals surface area contributed by atoms with Gasteiger partial charge in [0.2, 0.25) is 11.1 Å². The van der Waals surface area contributed by atoms with Crippen molar-refractivity contribution in [1.29, 1.82) is 0 Å². The molecule has 6 nitrogen and oxygen atoms in total. The van der Waals surface area contributed by atoms with Crippen LogP contribution in [0.25, 0.3) is 0 Å². The predicted molar refractivity (Wildman–Crippen MR) is 78.8 cm³/mol. The summed E-state index contributed by atoms with van der Waals surface area (Å²) in [5, 5.41) is 0.615. The Kier molecular flexibility index (Phi) is 4.94. The number of hydrogen-bond acceptors (Lipinski definition) is 5. The van der Waals surface area contributed by atoms with E-state index >= 15 is 0 Å². The summed E-state index contributed by atoms with van der Waals surface area (Å²) < 4.78 is 0. The summed E-state index contributed by atoms with van der Waals surface area (Å²) in [5.74, 6) is 1.18. The van der Waals surface area contributed by atoms with Gasteiger partial charge in [-0.1, -0.05) is 31.6 Å². The van der Waals surface area contributed by atoms with Crippen LogP contribution in [-0.2, 0) is 16.1 Å². The quantitative estimate of drug-likeness (QED) is 0.376. The maximum absolute atomic E-state index is 10.1. The van der Waals surface area contributed by atoms with Crippen LogP contribution in [-0.4, -0.2) is 17.4 Å². The average molecular weight is 296 g/mol. The van der Waals surface area contributed by atoms with E-state index in [1.165, 1.54) is 23.4 Å². The minimum Gasteiger partial charge on any atom is -0.367 e. The van der Waals surface area contributed by atoms with E-state index in [9.17, 15) is 4.79 Å². The zero-order valence-corrected chi connectivity index (χ0v) is 12.6. The molecular formula is C13H20N4O2S. The van der Waals surface area contributed by atoms with Gasteiger partial charge in [-0.15, -0.1) is 0 Å². The van der Waals surface area contributed by atoms with Gasteiger partial charge in [0.25, 0.3) is 0 Å². The van der Waals surface area contributed by atoms with E-state index in [2.05, 4.69) is 34.1 Å². The predicted octanol–water partition coefficient (Wildman–Crippen LogP) is 2.23. The van der Waals surface area contributed by atoms with Gasteiger partial charge in [-0.25, -0.2) is 4.98 Å². The highest BCUT2D eigenvalue weighted by Crippen LogP contribution is 2.41. The minimum atomic E-state index is 0.0308. The summed E-state index contributed by atoms with van der Waals surface area (Å²) in [5.41, 5.74) is 9.00. The molecule has 0 radical (unpaired) electrons. The number of carbonyl (C=O) groups excluding carboxylic acids is 1. The number of guanidine groups is 1. The second kappa shape index (κ2) is 6.69. The largest absolute Gasteiger partial charge is 0.367 e. The summed E-state index contributed by atoms with van der Waals surface area (Å²) in [6, 6.07) is 0. The molecule has 1 aromatic rings. The van der Waals surface area contributed by atoms with Gasteiger partial charge in [0.1, 0.15) is 0 Å². The molecule has 7 heteroatoms. The number of nitrogens with two attached hydrogens (primary N) is 1. The Morgan fingerprint density at radius 2 is 2.55 bits per heavy atom. The van der Waals surface area contributed by atoms with E-state index in [0.717, 1.165) is 12.8 Å². The number of thiazole rings is 1. The lowest BCUT2D eigenvalue weighted by Crippen LogP contribution is -2.30. The highest BCUT2D eigenvalue weighted by atomic mass is 32.1. The van der Waals surface area contributed by atoms with Crippen LogP contribution in [0, 0.1) is 5.92 Å². The lowest BCUT2D eigenvalue weighted by atomic mass is 9.81. The normalized spacial score (nSPS) is 20.1. The first-order chi connectivity index (χ1) is 9.65. The molecule has 0 aromatic carbocycles. The fraction of sp³-hybridized carbons (Fsp3) is 0.615. The van der Waals surface area contributed by atoms with Gasteiger partial charge in [0.05, 0.1) is 5.69 Å². The van der Waals surface area contributed by atoms with Crippen molar-refractivity contribution < 1.29 is 9.63 Å². The lowest BCUT2D eigenvalue weighted by molar-refractivity contribution is -0.132. The van der Waals surface area contributed by atoms with Crippen molar-refractivity contribution >= 4 is 28.9 Å². The summed E-state index contributed by atoms with van der Waals surface area (Å²) in [6.07, 6.45) is 4.61. The van der Waals surface area contributed by atoms with E-state index < -0.39 is 0 Å². The third-order valence-electron chi connectivity index (χ3n) is 3.74. The molecule has 0 aliphatic heterocycles. The molecule has 1 heterocycles.